The highest BCUT2D eigenvalue weighted by molar-refractivity contribution is 5.77. The van der Waals surface area contributed by atoms with Crippen LogP contribution < -0.4 is 0 Å². The van der Waals surface area contributed by atoms with Crippen LogP contribution in [0.5, 0.6) is 0 Å². The van der Waals surface area contributed by atoms with E-state index in [9.17, 15) is 9.59 Å². The molecule has 0 heterocycles. The number of carboxylic acid groups (broad SMARTS) is 1. The Balaban J connectivity index is 4.17. The zero-order valence-corrected chi connectivity index (χ0v) is 11.4. The summed E-state index contributed by atoms with van der Waals surface area (Å²) in [5, 5.41) is 8.53. The lowest BCUT2D eigenvalue weighted by Crippen LogP contribution is -2.36. The third-order valence-electron chi connectivity index (χ3n) is 2.31. The van der Waals surface area contributed by atoms with Gasteiger partial charge in [0.15, 0.2) is 0 Å². The highest BCUT2D eigenvalue weighted by Crippen LogP contribution is 2.08. The monoisotopic (exact) mass is 243 g/mol. The van der Waals surface area contributed by atoms with Crippen LogP contribution in [0.2, 0.25) is 0 Å². The fourth-order valence-corrected chi connectivity index (χ4v) is 1.71. The first kappa shape index (κ1) is 15.9. The summed E-state index contributed by atoms with van der Waals surface area (Å²) in [4.78, 5) is 24.2. The number of carbonyl (C=O) groups is 2. The first-order valence-corrected chi connectivity index (χ1v) is 6.32. The Morgan fingerprint density at radius 3 is 1.82 bits per heavy atom. The number of hydrogen-bond donors (Lipinski definition) is 1. The number of carbonyl (C=O) groups excluding carboxylic acids is 1. The third-order valence-corrected chi connectivity index (χ3v) is 2.31. The topological polar surface area (TPSA) is 57.6 Å². The van der Waals surface area contributed by atoms with E-state index in [-0.39, 0.29) is 12.3 Å². The number of carboxylic acids is 1. The smallest absolute Gasteiger partial charge is 0.303 e. The van der Waals surface area contributed by atoms with Crippen molar-refractivity contribution >= 4 is 11.9 Å². The molecule has 0 saturated carbocycles. The molecule has 0 aliphatic heterocycles. The minimum absolute atomic E-state index is 0.0724. The van der Waals surface area contributed by atoms with Gasteiger partial charge in [0.1, 0.15) is 0 Å². The summed E-state index contributed by atoms with van der Waals surface area (Å²) in [6.07, 6.45) is 0.843. The van der Waals surface area contributed by atoms with E-state index in [0.29, 0.717) is 24.7 Å². The molecule has 1 N–H and O–H groups in total. The van der Waals surface area contributed by atoms with Gasteiger partial charge in [0.2, 0.25) is 5.91 Å². The van der Waals surface area contributed by atoms with E-state index in [0.717, 1.165) is 13.1 Å². The Hall–Kier alpha value is -1.06. The molecule has 0 rings (SSSR count). The maximum absolute atomic E-state index is 11.9. The molecule has 4 nitrogen and oxygen atoms in total. The maximum atomic E-state index is 11.9. The van der Waals surface area contributed by atoms with Crippen LogP contribution in [0, 0.1) is 11.8 Å². The standard InChI is InChI=1S/C13H25NO3/c1-10(2)8-14(9-11(3)4)12(15)6-5-7-13(16)17/h10-11H,5-9H2,1-4H3,(H,16,17). The first-order chi connectivity index (χ1) is 7.82. The summed E-state index contributed by atoms with van der Waals surface area (Å²) in [7, 11) is 0. The van der Waals surface area contributed by atoms with E-state index in [1.807, 2.05) is 4.90 Å². The third kappa shape index (κ3) is 8.72. The van der Waals surface area contributed by atoms with Crippen molar-refractivity contribution in [1.82, 2.24) is 4.90 Å². The van der Waals surface area contributed by atoms with Gasteiger partial charge >= 0.3 is 5.97 Å². The molecule has 0 radical (unpaired) electrons. The summed E-state index contributed by atoms with van der Waals surface area (Å²) in [5.41, 5.74) is 0. The number of rotatable bonds is 8. The van der Waals surface area contributed by atoms with Crippen molar-refractivity contribution in [3.05, 3.63) is 0 Å². The van der Waals surface area contributed by atoms with Crippen molar-refractivity contribution in [1.29, 1.82) is 0 Å². The lowest BCUT2D eigenvalue weighted by atomic mass is 10.1. The van der Waals surface area contributed by atoms with Gasteiger partial charge < -0.3 is 10.0 Å². The second-order valence-electron chi connectivity index (χ2n) is 5.33. The Bertz CT molecular complexity index is 239. The molecular weight excluding hydrogens is 218 g/mol. The summed E-state index contributed by atoms with van der Waals surface area (Å²) in [5.74, 6) is 0.125. The van der Waals surface area contributed by atoms with E-state index in [1.165, 1.54) is 0 Å². The Morgan fingerprint density at radius 1 is 1.00 bits per heavy atom. The molecule has 0 spiro atoms. The first-order valence-electron chi connectivity index (χ1n) is 6.32. The van der Waals surface area contributed by atoms with E-state index in [1.54, 1.807) is 0 Å². The molecule has 0 saturated heterocycles. The Labute approximate surface area is 104 Å². The SMILES string of the molecule is CC(C)CN(CC(C)C)C(=O)CCCC(=O)O. The highest BCUT2D eigenvalue weighted by Gasteiger charge is 2.16. The maximum Gasteiger partial charge on any atom is 0.303 e. The molecule has 0 unspecified atom stereocenters. The van der Waals surface area contributed by atoms with Gasteiger partial charge in [0.05, 0.1) is 0 Å². The lowest BCUT2D eigenvalue weighted by Gasteiger charge is -2.26. The largest absolute Gasteiger partial charge is 0.481 e. The van der Waals surface area contributed by atoms with Crippen LogP contribution in [-0.4, -0.2) is 35.0 Å². The molecule has 17 heavy (non-hydrogen) atoms. The van der Waals surface area contributed by atoms with Gasteiger partial charge in [-0.05, 0) is 18.3 Å². The predicted octanol–water partition coefficient (Wildman–Crippen LogP) is 2.38. The molecule has 1 amide bonds. The van der Waals surface area contributed by atoms with Crippen molar-refractivity contribution in [2.45, 2.75) is 47.0 Å². The zero-order chi connectivity index (χ0) is 13.4. The van der Waals surface area contributed by atoms with Gasteiger partial charge in [0, 0.05) is 25.9 Å². The van der Waals surface area contributed by atoms with Crippen molar-refractivity contribution < 1.29 is 14.7 Å². The average Bonchev–Trinajstić information content (AvgIpc) is 2.14. The van der Waals surface area contributed by atoms with E-state index in [2.05, 4.69) is 27.7 Å². The number of aliphatic carboxylic acids is 1. The lowest BCUT2D eigenvalue weighted by molar-refractivity contribution is -0.137. The molecule has 0 bridgehead atoms. The molecular formula is C13H25NO3. The van der Waals surface area contributed by atoms with Crippen LogP contribution in [0.25, 0.3) is 0 Å². The second kappa shape index (κ2) is 8.09. The molecule has 0 atom stereocenters. The molecule has 0 fully saturated rings. The Kier molecular flexibility index (Phi) is 7.59. The van der Waals surface area contributed by atoms with Crippen molar-refractivity contribution in [2.75, 3.05) is 13.1 Å². The van der Waals surface area contributed by atoms with E-state index < -0.39 is 5.97 Å². The van der Waals surface area contributed by atoms with Crippen LogP contribution in [0.3, 0.4) is 0 Å². The number of hydrogen-bond acceptors (Lipinski definition) is 2. The van der Waals surface area contributed by atoms with Crippen LogP contribution in [0.15, 0.2) is 0 Å². The molecule has 0 aromatic rings. The van der Waals surface area contributed by atoms with Crippen molar-refractivity contribution in [3.63, 3.8) is 0 Å². The highest BCUT2D eigenvalue weighted by atomic mass is 16.4. The minimum Gasteiger partial charge on any atom is -0.481 e. The van der Waals surface area contributed by atoms with Crippen LogP contribution >= 0.6 is 0 Å². The van der Waals surface area contributed by atoms with E-state index >= 15 is 0 Å². The number of amides is 1. The fraction of sp³-hybridized carbons (Fsp3) is 0.846. The van der Waals surface area contributed by atoms with Crippen LogP contribution in [0.4, 0.5) is 0 Å². The summed E-state index contributed by atoms with van der Waals surface area (Å²) in [6.45, 7) is 9.83. The molecule has 0 aromatic carbocycles. The molecule has 100 valence electrons. The average molecular weight is 243 g/mol. The summed E-state index contributed by atoms with van der Waals surface area (Å²) >= 11 is 0. The molecule has 4 heteroatoms. The molecule has 0 aliphatic rings. The Morgan fingerprint density at radius 2 is 1.47 bits per heavy atom. The summed E-state index contributed by atoms with van der Waals surface area (Å²) < 4.78 is 0. The van der Waals surface area contributed by atoms with E-state index in [4.69, 9.17) is 5.11 Å². The normalized spacial score (nSPS) is 10.9. The van der Waals surface area contributed by atoms with Gasteiger partial charge in [-0.15, -0.1) is 0 Å². The fourth-order valence-electron chi connectivity index (χ4n) is 1.71. The zero-order valence-electron chi connectivity index (χ0n) is 11.4. The predicted molar refractivity (Wildman–Crippen MR) is 67.7 cm³/mol. The van der Waals surface area contributed by atoms with Gasteiger partial charge in [0.25, 0.3) is 0 Å². The van der Waals surface area contributed by atoms with Crippen molar-refractivity contribution in [2.24, 2.45) is 11.8 Å². The second-order valence-corrected chi connectivity index (χ2v) is 5.33. The van der Waals surface area contributed by atoms with Crippen LogP contribution in [0.1, 0.15) is 47.0 Å². The van der Waals surface area contributed by atoms with Crippen molar-refractivity contribution in [3.8, 4) is 0 Å². The minimum atomic E-state index is -0.836. The van der Waals surface area contributed by atoms with Gasteiger partial charge in [-0.25, -0.2) is 0 Å². The summed E-state index contributed by atoms with van der Waals surface area (Å²) in [6, 6.07) is 0. The van der Waals surface area contributed by atoms with Gasteiger partial charge in [-0.1, -0.05) is 27.7 Å². The van der Waals surface area contributed by atoms with Gasteiger partial charge in [-0.2, -0.15) is 0 Å². The molecule has 0 aromatic heterocycles. The molecule has 0 aliphatic carbocycles. The number of nitrogens with zero attached hydrogens (tertiary/aromatic N) is 1. The van der Waals surface area contributed by atoms with Crippen LogP contribution in [-0.2, 0) is 9.59 Å². The quantitative estimate of drug-likeness (QED) is 0.712. The van der Waals surface area contributed by atoms with Gasteiger partial charge in [-0.3, -0.25) is 9.59 Å².